The third-order valence-electron chi connectivity index (χ3n) is 4.51. The Kier molecular flexibility index (Phi) is 7.32. The summed E-state index contributed by atoms with van der Waals surface area (Å²) in [6.45, 7) is 4.63. The van der Waals surface area contributed by atoms with E-state index in [0.717, 1.165) is 0 Å². The quantitative estimate of drug-likeness (QED) is 0.563. The Balaban J connectivity index is 1.92. The molecule has 0 radical (unpaired) electrons. The van der Waals surface area contributed by atoms with Crippen LogP contribution < -0.4 is 10.6 Å². The van der Waals surface area contributed by atoms with Crippen molar-refractivity contribution < 1.29 is 23.1 Å². The van der Waals surface area contributed by atoms with Gasteiger partial charge in [-0.3, -0.25) is 9.78 Å². The van der Waals surface area contributed by atoms with Gasteiger partial charge >= 0.3 is 5.97 Å². The highest BCUT2D eigenvalue weighted by Gasteiger charge is 2.29. The van der Waals surface area contributed by atoms with Gasteiger partial charge in [-0.15, -0.1) is 0 Å². The van der Waals surface area contributed by atoms with Crippen LogP contribution in [0.3, 0.4) is 0 Å². The molecule has 1 amide bonds. The van der Waals surface area contributed by atoms with E-state index in [1.54, 1.807) is 0 Å². The SMILES string of the molecule is CC(C)C[C@H](NCc1cc(C(=O)O)ccn1)C(=O)NC[C@@H]1CCS(=O)(=O)C1. The molecular weight excluding hydrogens is 370 g/mol. The monoisotopic (exact) mass is 397 g/mol. The Morgan fingerprint density at radius 3 is 2.70 bits per heavy atom. The molecule has 0 spiro atoms. The molecule has 1 aromatic rings. The number of nitrogens with zero attached hydrogens (tertiary/aromatic N) is 1. The van der Waals surface area contributed by atoms with Gasteiger partial charge in [-0.25, -0.2) is 13.2 Å². The highest BCUT2D eigenvalue weighted by atomic mass is 32.2. The van der Waals surface area contributed by atoms with Crippen molar-refractivity contribution in [2.45, 2.75) is 39.3 Å². The van der Waals surface area contributed by atoms with Crippen LogP contribution >= 0.6 is 0 Å². The summed E-state index contributed by atoms with van der Waals surface area (Å²) < 4.78 is 23.1. The Bertz CT molecular complexity index is 779. The molecule has 9 heteroatoms. The second-order valence-corrected chi connectivity index (χ2v) is 9.65. The van der Waals surface area contributed by atoms with Gasteiger partial charge in [-0.05, 0) is 36.8 Å². The molecule has 0 aromatic carbocycles. The second kappa shape index (κ2) is 9.27. The van der Waals surface area contributed by atoms with Gasteiger partial charge in [0.15, 0.2) is 9.84 Å². The Labute approximate surface area is 159 Å². The smallest absolute Gasteiger partial charge is 0.335 e. The zero-order valence-electron chi connectivity index (χ0n) is 15.6. The molecule has 2 rings (SSSR count). The van der Waals surface area contributed by atoms with Gasteiger partial charge in [0.25, 0.3) is 0 Å². The summed E-state index contributed by atoms with van der Waals surface area (Å²) in [7, 11) is -2.96. The zero-order chi connectivity index (χ0) is 20.0. The summed E-state index contributed by atoms with van der Waals surface area (Å²) in [6, 6.07) is 2.43. The van der Waals surface area contributed by atoms with Gasteiger partial charge in [0.05, 0.1) is 28.8 Å². The first-order valence-corrected chi connectivity index (χ1v) is 10.9. The summed E-state index contributed by atoms with van der Waals surface area (Å²) in [5.74, 6) is -0.649. The standard InChI is InChI=1S/C18H27N3O5S/c1-12(2)7-16(17(22)21-9-13-4-6-27(25,26)11-13)20-10-15-8-14(18(23)24)3-5-19-15/h3,5,8,12-13,16,20H,4,6-7,9-11H2,1-2H3,(H,21,22)(H,23,24)/t13-,16-/m0/s1. The zero-order valence-corrected chi connectivity index (χ0v) is 16.5. The van der Waals surface area contributed by atoms with Gasteiger partial charge in [-0.2, -0.15) is 0 Å². The number of rotatable bonds is 9. The number of nitrogens with one attached hydrogen (secondary N) is 2. The molecule has 150 valence electrons. The van der Waals surface area contributed by atoms with Gasteiger partial charge in [0.2, 0.25) is 5.91 Å². The van der Waals surface area contributed by atoms with E-state index in [4.69, 9.17) is 5.11 Å². The van der Waals surface area contributed by atoms with E-state index in [9.17, 15) is 18.0 Å². The van der Waals surface area contributed by atoms with Crippen molar-refractivity contribution in [2.75, 3.05) is 18.1 Å². The molecule has 2 heterocycles. The maximum Gasteiger partial charge on any atom is 0.335 e. The molecule has 27 heavy (non-hydrogen) atoms. The van der Waals surface area contributed by atoms with Crippen molar-refractivity contribution in [3.8, 4) is 0 Å². The largest absolute Gasteiger partial charge is 0.478 e. The molecule has 1 fully saturated rings. The minimum Gasteiger partial charge on any atom is -0.478 e. The van der Waals surface area contributed by atoms with Crippen LogP contribution in [0.1, 0.15) is 42.7 Å². The number of hydrogen-bond donors (Lipinski definition) is 3. The van der Waals surface area contributed by atoms with Crippen LogP contribution in [0.5, 0.6) is 0 Å². The molecule has 3 N–H and O–H groups in total. The summed E-state index contributed by atoms with van der Waals surface area (Å²) >= 11 is 0. The fourth-order valence-corrected chi connectivity index (χ4v) is 4.95. The van der Waals surface area contributed by atoms with Crippen LogP contribution in [-0.4, -0.2) is 54.5 Å². The number of sulfone groups is 1. The number of aromatic carboxylic acids is 1. The van der Waals surface area contributed by atoms with Crippen molar-refractivity contribution in [1.82, 2.24) is 15.6 Å². The molecule has 8 nitrogen and oxygen atoms in total. The van der Waals surface area contributed by atoms with Crippen LogP contribution in [0.4, 0.5) is 0 Å². The van der Waals surface area contributed by atoms with E-state index >= 15 is 0 Å². The lowest BCUT2D eigenvalue weighted by molar-refractivity contribution is -0.123. The van der Waals surface area contributed by atoms with Crippen molar-refractivity contribution in [3.63, 3.8) is 0 Å². The van der Waals surface area contributed by atoms with Gasteiger partial charge in [-0.1, -0.05) is 13.8 Å². The summed E-state index contributed by atoms with van der Waals surface area (Å²) in [5, 5.41) is 15.0. The average molecular weight is 397 g/mol. The van der Waals surface area contributed by atoms with E-state index in [0.29, 0.717) is 25.1 Å². The number of carboxylic acids is 1. The van der Waals surface area contributed by atoms with Crippen molar-refractivity contribution in [1.29, 1.82) is 0 Å². The first-order chi connectivity index (χ1) is 12.7. The predicted molar refractivity (Wildman–Crippen MR) is 101 cm³/mol. The van der Waals surface area contributed by atoms with E-state index in [2.05, 4.69) is 15.6 Å². The number of carboxylic acid groups (broad SMARTS) is 1. The molecular formula is C18H27N3O5S. The maximum absolute atomic E-state index is 12.6. The topological polar surface area (TPSA) is 125 Å². The molecule has 1 saturated heterocycles. The minimum atomic E-state index is -2.96. The summed E-state index contributed by atoms with van der Waals surface area (Å²) in [6.07, 6.45) is 2.61. The number of hydrogen-bond acceptors (Lipinski definition) is 6. The Morgan fingerprint density at radius 1 is 1.37 bits per heavy atom. The molecule has 1 aliphatic heterocycles. The van der Waals surface area contributed by atoms with Gasteiger partial charge in [0.1, 0.15) is 0 Å². The lowest BCUT2D eigenvalue weighted by atomic mass is 10.0. The first-order valence-electron chi connectivity index (χ1n) is 9.06. The normalized spacial score (nSPS) is 19.7. The van der Waals surface area contributed by atoms with Crippen molar-refractivity contribution in [2.24, 2.45) is 11.8 Å². The molecule has 0 bridgehead atoms. The number of carbonyl (C=O) groups is 2. The number of carbonyl (C=O) groups excluding carboxylic acids is 1. The predicted octanol–water partition coefficient (Wildman–Crippen LogP) is 0.835. The average Bonchev–Trinajstić information content (AvgIpc) is 2.95. The van der Waals surface area contributed by atoms with Crippen LogP contribution in [0.25, 0.3) is 0 Å². The number of aromatic nitrogens is 1. The molecule has 0 saturated carbocycles. The van der Waals surface area contributed by atoms with E-state index in [-0.39, 0.29) is 41.4 Å². The molecule has 1 aromatic heterocycles. The highest BCUT2D eigenvalue weighted by Crippen LogP contribution is 2.17. The fraction of sp³-hybridized carbons (Fsp3) is 0.611. The van der Waals surface area contributed by atoms with Gasteiger partial charge < -0.3 is 15.7 Å². The molecule has 1 aliphatic rings. The lowest BCUT2D eigenvalue weighted by Gasteiger charge is -2.21. The first kappa shape index (κ1) is 21.3. The summed E-state index contributed by atoms with van der Waals surface area (Å²) in [4.78, 5) is 27.7. The van der Waals surface area contributed by atoms with Crippen molar-refractivity contribution >= 4 is 21.7 Å². The molecule has 0 aliphatic carbocycles. The minimum absolute atomic E-state index is 0.0347. The Hall–Kier alpha value is -2.00. The maximum atomic E-state index is 12.6. The van der Waals surface area contributed by atoms with E-state index in [1.165, 1.54) is 18.3 Å². The van der Waals surface area contributed by atoms with Crippen molar-refractivity contribution in [3.05, 3.63) is 29.6 Å². The second-order valence-electron chi connectivity index (χ2n) is 7.42. The summed E-state index contributed by atoms with van der Waals surface area (Å²) in [5.41, 5.74) is 0.687. The molecule has 2 atom stereocenters. The van der Waals surface area contributed by atoms with Crippen LogP contribution in [-0.2, 0) is 21.2 Å². The van der Waals surface area contributed by atoms with Crippen LogP contribution in [0.15, 0.2) is 18.3 Å². The van der Waals surface area contributed by atoms with Gasteiger partial charge in [0, 0.05) is 19.3 Å². The highest BCUT2D eigenvalue weighted by molar-refractivity contribution is 7.91. The van der Waals surface area contributed by atoms with E-state index < -0.39 is 21.8 Å². The Morgan fingerprint density at radius 2 is 2.11 bits per heavy atom. The number of amides is 1. The third kappa shape index (κ3) is 6.91. The number of pyridine rings is 1. The molecule has 0 unspecified atom stereocenters. The lowest BCUT2D eigenvalue weighted by Crippen LogP contribution is -2.46. The van der Waals surface area contributed by atoms with Crippen LogP contribution in [0.2, 0.25) is 0 Å². The third-order valence-corrected chi connectivity index (χ3v) is 6.35. The van der Waals surface area contributed by atoms with Crippen LogP contribution in [0, 0.1) is 11.8 Å². The van der Waals surface area contributed by atoms with E-state index in [1.807, 2.05) is 13.8 Å². The fourth-order valence-electron chi connectivity index (χ4n) is 3.09.